The van der Waals surface area contributed by atoms with Crippen LogP contribution in [-0.4, -0.2) is 40.7 Å². The van der Waals surface area contributed by atoms with E-state index >= 15 is 0 Å². The van der Waals surface area contributed by atoms with Crippen molar-refractivity contribution in [2.45, 2.75) is 25.4 Å². The third kappa shape index (κ3) is 2.35. The quantitative estimate of drug-likeness (QED) is 0.854. The van der Waals surface area contributed by atoms with Crippen LogP contribution >= 0.6 is 0 Å². The summed E-state index contributed by atoms with van der Waals surface area (Å²) in [7, 11) is 0. The number of fused-ring (bicyclic) bond motifs is 1. The lowest BCUT2D eigenvalue weighted by molar-refractivity contribution is 0.124. The summed E-state index contributed by atoms with van der Waals surface area (Å²) in [6.07, 6.45) is 5.07. The Bertz CT molecular complexity index is 368. The van der Waals surface area contributed by atoms with Gasteiger partial charge in [0.1, 0.15) is 0 Å². The SMILES string of the molecule is OC1CCC2CN(CCc3ccccn3)CC12. The lowest BCUT2D eigenvalue weighted by Crippen LogP contribution is -2.26. The first kappa shape index (κ1) is 11.2. The van der Waals surface area contributed by atoms with Crippen LogP contribution in [0.25, 0.3) is 0 Å². The summed E-state index contributed by atoms with van der Waals surface area (Å²) in [5.74, 6) is 1.28. The molecule has 3 heteroatoms. The summed E-state index contributed by atoms with van der Waals surface area (Å²) >= 11 is 0. The maximum Gasteiger partial charge on any atom is 0.0583 e. The van der Waals surface area contributed by atoms with Gasteiger partial charge in [0.15, 0.2) is 0 Å². The zero-order valence-corrected chi connectivity index (χ0v) is 10.1. The van der Waals surface area contributed by atoms with E-state index in [1.807, 2.05) is 18.3 Å². The standard InChI is InChI=1S/C14H20N2O/c17-14-5-4-11-9-16(10-13(11)14)8-6-12-3-1-2-7-15-12/h1-3,7,11,13-14,17H,4-6,8-10H2. The van der Waals surface area contributed by atoms with Crippen LogP contribution in [0.2, 0.25) is 0 Å². The van der Waals surface area contributed by atoms with E-state index < -0.39 is 0 Å². The van der Waals surface area contributed by atoms with Gasteiger partial charge in [-0.3, -0.25) is 4.98 Å². The van der Waals surface area contributed by atoms with E-state index in [0.717, 1.165) is 31.8 Å². The van der Waals surface area contributed by atoms with Gasteiger partial charge in [-0.05, 0) is 30.9 Å². The van der Waals surface area contributed by atoms with Crippen molar-refractivity contribution in [2.75, 3.05) is 19.6 Å². The minimum atomic E-state index is -0.0418. The molecule has 1 aliphatic heterocycles. The van der Waals surface area contributed by atoms with Gasteiger partial charge >= 0.3 is 0 Å². The number of hydrogen-bond acceptors (Lipinski definition) is 3. The van der Waals surface area contributed by atoms with E-state index in [0.29, 0.717) is 5.92 Å². The van der Waals surface area contributed by atoms with Crippen LogP contribution in [0.1, 0.15) is 18.5 Å². The highest BCUT2D eigenvalue weighted by atomic mass is 16.3. The van der Waals surface area contributed by atoms with Crippen molar-refractivity contribution in [3.05, 3.63) is 30.1 Å². The van der Waals surface area contributed by atoms with E-state index in [1.54, 1.807) is 0 Å². The molecule has 0 spiro atoms. The van der Waals surface area contributed by atoms with Crippen molar-refractivity contribution < 1.29 is 5.11 Å². The third-order valence-electron chi connectivity index (χ3n) is 4.30. The van der Waals surface area contributed by atoms with Gasteiger partial charge in [0.25, 0.3) is 0 Å². The average Bonchev–Trinajstić information content (AvgIpc) is 2.91. The van der Waals surface area contributed by atoms with Crippen LogP contribution in [0.4, 0.5) is 0 Å². The number of hydrogen-bond donors (Lipinski definition) is 1. The molecular weight excluding hydrogens is 212 g/mol. The molecule has 1 aliphatic carbocycles. The van der Waals surface area contributed by atoms with E-state index in [9.17, 15) is 5.11 Å². The zero-order valence-electron chi connectivity index (χ0n) is 10.1. The highest BCUT2D eigenvalue weighted by molar-refractivity contribution is 5.04. The maximum absolute atomic E-state index is 9.86. The Kier molecular flexibility index (Phi) is 3.12. The van der Waals surface area contributed by atoms with Crippen molar-refractivity contribution in [2.24, 2.45) is 11.8 Å². The number of pyridine rings is 1. The monoisotopic (exact) mass is 232 g/mol. The van der Waals surface area contributed by atoms with Gasteiger partial charge in [0.2, 0.25) is 0 Å². The van der Waals surface area contributed by atoms with E-state index in [-0.39, 0.29) is 6.10 Å². The molecule has 2 fully saturated rings. The summed E-state index contributed by atoms with van der Waals surface area (Å²) < 4.78 is 0. The lowest BCUT2D eigenvalue weighted by Gasteiger charge is -2.17. The van der Waals surface area contributed by atoms with Crippen LogP contribution in [0.5, 0.6) is 0 Å². The molecule has 0 radical (unpaired) electrons. The highest BCUT2D eigenvalue weighted by Crippen LogP contribution is 2.37. The molecule has 17 heavy (non-hydrogen) atoms. The third-order valence-corrected chi connectivity index (χ3v) is 4.30. The first-order valence-corrected chi connectivity index (χ1v) is 6.63. The highest BCUT2D eigenvalue weighted by Gasteiger charge is 2.41. The van der Waals surface area contributed by atoms with Crippen LogP contribution in [0.15, 0.2) is 24.4 Å². The van der Waals surface area contributed by atoms with Crippen molar-refractivity contribution in [1.82, 2.24) is 9.88 Å². The number of nitrogens with zero attached hydrogens (tertiary/aromatic N) is 2. The molecule has 2 heterocycles. The van der Waals surface area contributed by atoms with Gasteiger partial charge in [0.05, 0.1) is 6.10 Å². The predicted molar refractivity (Wildman–Crippen MR) is 66.6 cm³/mol. The van der Waals surface area contributed by atoms with E-state index in [2.05, 4.69) is 16.0 Å². The Hall–Kier alpha value is -0.930. The van der Waals surface area contributed by atoms with Crippen LogP contribution < -0.4 is 0 Å². The Balaban J connectivity index is 1.52. The van der Waals surface area contributed by atoms with E-state index in [1.165, 1.54) is 18.7 Å². The van der Waals surface area contributed by atoms with E-state index in [4.69, 9.17) is 0 Å². The molecular formula is C14H20N2O. The molecule has 3 unspecified atom stereocenters. The Labute approximate surface area is 102 Å². The van der Waals surface area contributed by atoms with Crippen molar-refractivity contribution >= 4 is 0 Å². The fourth-order valence-corrected chi connectivity index (χ4v) is 3.33. The number of aromatic nitrogens is 1. The Morgan fingerprint density at radius 2 is 2.24 bits per heavy atom. The normalized spacial score (nSPS) is 32.9. The van der Waals surface area contributed by atoms with Crippen LogP contribution in [-0.2, 0) is 6.42 Å². The summed E-state index contributed by atoms with van der Waals surface area (Å²) in [4.78, 5) is 6.84. The fourth-order valence-electron chi connectivity index (χ4n) is 3.33. The van der Waals surface area contributed by atoms with Crippen molar-refractivity contribution in [3.8, 4) is 0 Å². The van der Waals surface area contributed by atoms with Crippen molar-refractivity contribution in [3.63, 3.8) is 0 Å². The molecule has 1 saturated heterocycles. The first-order valence-electron chi connectivity index (χ1n) is 6.63. The molecule has 3 atom stereocenters. The average molecular weight is 232 g/mol. The molecule has 3 nitrogen and oxygen atoms in total. The predicted octanol–water partition coefficient (Wildman–Crippen LogP) is 1.33. The van der Waals surface area contributed by atoms with Gasteiger partial charge in [-0.15, -0.1) is 0 Å². The molecule has 0 amide bonds. The summed E-state index contributed by atoms with van der Waals surface area (Å²) in [6, 6.07) is 6.09. The second kappa shape index (κ2) is 4.75. The molecule has 1 aromatic rings. The number of rotatable bonds is 3. The topological polar surface area (TPSA) is 36.4 Å². The molecule has 0 aromatic carbocycles. The number of aliphatic hydroxyl groups is 1. The largest absolute Gasteiger partial charge is 0.393 e. The molecule has 92 valence electrons. The molecule has 1 aromatic heterocycles. The minimum absolute atomic E-state index is 0.0418. The van der Waals surface area contributed by atoms with Crippen LogP contribution in [0.3, 0.4) is 0 Å². The second-order valence-electron chi connectivity index (χ2n) is 5.40. The minimum Gasteiger partial charge on any atom is -0.393 e. The molecule has 1 saturated carbocycles. The lowest BCUT2D eigenvalue weighted by atomic mass is 10.00. The number of likely N-dealkylation sites (tertiary alicyclic amines) is 1. The second-order valence-corrected chi connectivity index (χ2v) is 5.40. The Morgan fingerprint density at radius 3 is 3.00 bits per heavy atom. The summed E-state index contributed by atoms with van der Waals surface area (Å²) in [5.41, 5.74) is 1.17. The Morgan fingerprint density at radius 1 is 1.29 bits per heavy atom. The summed E-state index contributed by atoms with van der Waals surface area (Å²) in [5, 5.41) is 9.86. The maximum atomic E-state index is 9.86. The molecule has 2 aliphatic rings. The van der Waals surface area contributed by atoms with Gasteiger partial charge in [0, 0.05) is 43.9 Å². The first-order chi connectivity index (χ1) is 8.33. The fraction of sp³-hybridized carbons (Fsp3) is 0.643. The van der Waals surface area contributed by atoms with Crippen LogP contribution in [0, 0.1) is 11.8 Å². The number of aliphatic hydroxyl groups excluding tert-OH is 1. The smallest absolute Gasteiger partial charge is 0.0583 e. The van der Waals surface area contributed by atoms with Gasteiger partial charge < -0.3 is 10.0 Å². The molecule has 0 bridgehead atoms. The zero-order chi connectivity index (χ0) is 11.7. The molecule has 1 N–H and O–H groups in total. The molecule has 3 rings (SSSR count). The van der Waals surface area contributed by atoms with Gasteiger partial charge in [-0.1, -0.05) is 6.07 Å². The summed E-state index contributed by atoms with van der Waals surface area (Å²) in [6.45, 7) is 3.34. The van der Waals surface area contributed by atoms with Crippen molar-refractivity contribution in [1.29, 1.82) is 0 Å². The van der Waals surface area contributed by atoms with Gasteiger partial charge in [-0.25, -0.2) is 0 Å². The van der Waals surface area contributed by atoms with Gasteiger partial charge in [-0.2, -0.15) is 0 Å².